The van der Waals surface area contributed by atoms with Gasteiger partial charge in [0.25, 0.3) is 0 Å². The van der Waals surface area contributed by atoms with Crippen LogP contribution in [-0.2, 0) is 6.54 Å². The van der Waals surface area contributed by atoms with Gasteiger partial charge in [0.1, 0.15) is 5.75 Å². The fourth-order valence-electron chi connectivity index (χ4n) is 5.07. The summed E-state index contributed by atoms with van der Waals surface area (Å²) in [6.45, 7) is 6.78. The van der Waals surface area contributed by atoms with Crippen LogP contribution < -0.4 is 15.2 Å². The summed E-state index contributed by atoms with van der Waals surface area (Å²) in [7, 11) is 1.63. The van der Waals surface area contributed by atoms with Crippen LogP contribution in [0.15, 0.2) is 41.6 Å². The quantitative estimate of drug-likeness (QED) is 0.521. The van der Waals surface area contributed by atoms with Gasteiger partial charge in [-0.25, -0.2) is 8.78 Å². The Balaban J connectivity index is 1.56. The number of rotatable bonds is 4. The van der Waals surface area contributed by atoms with Crippen molar-refractivity contribution in [2.45, 2.75) is 71.0 Å². The van der Waals surface area contributed by atoms with Gasteiger partial charge in [0.05, 0.1) is 31.6 Å². The Morgan fingerprint density at radius 1 is 1.12 bits per heavy atom. The van der Waals surface area contributed by atoms with Crippen LogP contribution in [0, 0.1) is 6.92 Å². The third-order valence-electron chi connectivity index (χ3n) is 7.10. The van der Waals surface area contributed by atoms with Crippen LogP contribution in [0.1, 0.15) is 56.7 Å². The molecule has 0 unspecified atom stereocenters. The summed E-state index contributed by atoms with van der Waals surface area (Å²) in [6, 6.07) is 6.00. The Morgan fingerprint density at radius 3 is 2.53 bits per heavy atom. The van der Waals surface area contributed by atoms with Gasteiger partial charge in [0, 0.05) is 59.6 Å². The highest BCUT2D eigenvalue weighted by molar-refractivity contribution is 5.78. The standard InChI is InChI=1S/C26H30F2N4O2/c1-16(2)31-15-18-9-22(19-12-29-30(14-19)20-5-7-26(27,28)8-6-20)25(34-4)10-21(18)23-11-24(33)17(3)13-32(23)31/h9-14,16,20H,5-8,15H2,1-4H3. The monoisotopic (exact) mass is 468 g/mol. The summed E-state index contributed by atoms with van der Waals surface area (Å²) in [5.41, 5.74) is 5.41. The Morgan fingerprint density at radius 2 is 1.85 bits per heavy atom. The van der Waals surface area contributed by atoms with Crippen molar-refractivity contribution in [3.8, 4) is 28.1 Å². The number of benzene rings is 1. The fourth-order valence-corrected chi connectivity index (χ4v) is 5.07. The molecule has 3 aromatic rings. The first-order chi connectivity index (χ1) is 16.2. The summed E-state index contributed by atoms with van der Waals surface area (Å²) in [5.74, 6) is -1.88. The number of aryl methyl sites for hydroxylation is 1. The second-order valence-electron chi connectivity index (χ2n) is 9.75. The Hall–Kier alpha value is -3.16. The van der Waals surface area contributed by atoms with Gasteiger partial charge in [-0.2, -0.15) is 5.10 Å². The highest BCUT2D eigenvalue weighted by atomic mass is 19.3. The normalized spacial score (nSPS) is 17.6. The van der Waals surface area contributed by atoms with Gasteiger partial charge in [0.2, 0.25) is 5.92 Å². The highest BCUT2D eigenvalue weighted by Crippen LogP contribution is 2.41. The molecule has 2 aliphatic rings. The topological polar surface area (TPSA) is 52.3 Å². The molecule has 1 aliphatic heterocycles. The minimum atomic E-state index is -2.56. The number of aromatic nitrogens is 3. The molecule has 1 saturated carbocycles. The van der Waals surface area contributed by atoms with Crippen molar-refractivity contribution in [1.29, 1.82) is 0 Å². The SMILES string of the molecule is COc1cc2c(cc1-c1cnn(C3CCC(F)(F)CC3)c1)CN(C(C)C)n1cc(C)c(=O)cc1-2. The number of hydrogen-bond donors (Lipinski definition) is 0. The molecule has 0 spiro atoms. The molecule has 180 valence electrons. The van der Waals surface area contributed by atoms with Gasteiger partial charge in [-0.3, -0.25) is 14.2 Å². The number of fused-ring (bicyclic) bond motifs is 3. The molecule has 3 heterocycles. The van der Waals surface area contributed by atoms with E-state index in [1.54, 1.807) is 19.4 Å². The van der Waals surface area contributed by atoms with Crippen molar-refractivity contribution in [2.24, 2.45) is 0 Å². The largest absolute Gasteiger partial charge is 0.496 e. The number of nitrogens with zero attached hydrogens (tertiary/aromatic N) is 4. The van der Waals surface area contributed by atoms with E-state index >= 15 is 0 Å². The minimum Gasteiger partial charge on any atom is -0.496 e. The molecule has 2 aromatic heterocycles. The zero-order chi connectivity index (χ0) is 24.2. The van der Waals surface area contributed by atoms with Crippen molar-refractivity contribution in [3.05, 3.63) is 58.1 Å². The second kappa shape index (κ2) is 8.25. The number of halogens is 2. The van der Waals surface area contributed by atoms with Crippen LogP contribution in [0.4, 0.5) is 8.78 Å². The molecule has 5 rings (SSSR count). The average Bonchev–Trinajstić information content (AvgIpc) is 3.28. The first-order valence-corrected chi connectivity index (χ1v) is 11.8. The smallest absolute Gasteiger partial charge is 0.248 e. The van der Waals surface area contributed by atoms with Crippen molar-refractivity contribution >= 4 is 0 Å². The zero-order valence-electron chi connectivity index (χ0n) is 20.0. The lowest BCUT2D eigenvalue weighted by Gasteiger charge is -2.38. The minimum absolute atomic E-state index is 0.00480. The molecule has 0 amide bonds. The van der Waals surface area contributed by atoms with Crippen LogP contribution in [0.2, 0.25) is 0 Å². The lowest BCUT2D eigenvalue weighted by Crippen LogP contribution is -2.43. The highest BCUT2D eigenvalue weighted by Gasteiger charge is 2.36. The van der Waals surface area contributed by atoms with Crippen molar-refractivity contribution < 1.29 is 13.5 Å². The van der Waals surface area contributed by atoms with Crippen molar-refractivity contribution in [1.82, 2.24) is 14.5 Å². The number of hydrogen-bond acceptors (Lipinski definition) is 4. The first-order valence-electron chi connectivity index (χ1n) is 11.8. The van der Waals surface area contributed by atoms with E-state index < -0.39 is 5.92 Å². The van der Waals surface area contributed by atoms with Gasteiger partial charge in [-0.05, 0) is 51.3 Å². The average molecular weight is 469 g/mol. The molecule has 1 aliphatic carbocycles. The van der Waals surface area contributed by atoms with E-state index in [-0.39, 0.29) is 30.4 Å². The van der Waals surface area contributed by atoms with Crippen molar-refractivity contribution in [3.63, 3.8) is 0 Å². The van der Waals surface area contributed by atoms with E-state index in [0.717, 1.165) is 27.9 Å². The van der Waals surface area contributed by atoms with Gasteiger partial charge < -0.3 is 9.75 Å². The second-order valence-corrected chi connectivity index (χ2v) is 9.75. The molecular weight excluding hydrogens is 438 g/mol. The van der Waals surface area contributed by atoms with Gasteiger partial charge >= 0.3 is 0 Å². The number of pyridine rings is 1. The van der Waals surface area contributed by atoms with Gasteiger partial charge in [0.15, 0.2) is 5.43 Å². The molecule has 0 saturated heterocycles. The molecule has 1 aromatic carbocycles. The molecule has 0 radical (unpaired) electrons. The molecule has 0 N–H and O–H groups in total. The molecular formula is C26H30F2N4O2. The van der Waals surface area contributed by atoms with E-state index in [9.17, 15) is 13.6 Å². The maximum Gasteiger partial charge on any atom is 0.248 e. The van der Waals surface area contributed by atoms with Crippen LogP contribution >= 0.6 is 0 Å². The predicted octanol–water partition coefficient (Wildman–Crippen LogP) is 5.31. The number of alkyl halides is 2. The lowest BCUT2D eigenvalue weighted by molar-refractivity contribution is -0.0449. The van der Waals surface area contributed by atoms with E-state index in [1.165, 1.54) is 0 Å². The third-order valence-corrected chi connectivity index (χ3v) is 7.10. The predicted molar refractivity (Wildman–Crippen MR) is 128 cm³/mol. The Kier molecular flexibility index (Phi) is 5.49. The zero-order valence-corrected chi connectivity index (χ0v) is 20.0. The molecule has 1 fully saturated rings. The van der Waals surface area contributed by atoms with Crippen LogP contribution in [0.5, 0.6) is 5.75 Å². The fraction of sp³-hybridized carbons (Fsp3) is 0.462. The molecule has 0 atom stereocenters. The molecule has 0 bridgehead atoms. The van der Waals surface area contributed by atoms with E-state index in [1.807, 2.05) is 30.1 Å². The van der Waals surface area contributed by atoms with Crippen LogP contribution in [0.25, 0.3) is 22.4 Å². The summed E-state index contributed by atoms with van der Waals surface area (Å²) in [4.78, 5) is 12.5. The van der Waals surface area contributed by atoms with Crippen LogP contribution in [-0.4, -0.2) is 33.5 Å². The van der Waals surface area contributed by atoms with Crippen LogP contribution in [0.3, 0.4) is 0 Å². The maximum atomic E-state index is 13.6. The number of methoxy groups -OCH3 is 1. The summed E-state index contributed by atoms with van der Waals surface area (Å²) in [5, 5.41) is 6.74. The molecule has 8 heteroatoms. The summed E-state index contributed by atoms with van der Waals surface area (Å²) < 4.78 is 36.8. The maximum absolute atomic E-state index is 13.6. The number of ether oxygens (including phenoxy) is 1. The van der Waals surface area contributed by atoms with Crippen molar-refractivity contribution in [2.75, 3.05) is 12.1 Å². The Labute approximate surface area is 197 Å². The molecule has 34 heavy (non-hydrogen) atoms. The van der Waals surface area contributed by atoms with Gasteiger partial charge in [-0.1, -0.05) is 0 Å². The Bertz CT molecular complexity index is 1280. The lowest BCUT2D eigenvalue weighted by atomic mass is 9.92. The van der Waals surface area contributed by atoms with Gasteiger partial charge in [-0.15, -0.1) is 0 Å². The summed E-state index contributed by atoms with van der Waals surface area (Å²) >= 11 is 0. The van der Waals surface area contributed by atoms with E-state index in [0.29, 0.717) is 30.7 Å². The first kappa shape index (κ1) is 22.6. The van der Waals surface area contributed by atoms with E-state index in [2.05, 4.69) is 34.7 Å². The summed E-state index contributed by atoms with van der Waals surface area (Å²) in [6.07, 6.45) is 6.26. The molecule has 6 nitrogen and oxygen atoms in total. The third kappa shape index (κ3) is 3.89. The van der Waals surface area contributed by atoms with E-state index in [4.69, 9.17) is 4.74 Å².